The van der Waals surface area contributed by atoms with Crippen molar-refractivity contribution in [3.05, 3.63) is 346 Å². The molecule has 20 nitrogen and oxygen atoms in total. The van der Waals surface area contributed by atoms with E-state index in [1.54, 1.807) is 30.3 Å². The van der Waals surface area contributed by atoms with Crippen molar-refractivity contribution in [1.29, 1.82) is 0 Å². The maximum absolute atomic E-state index is 9.96. The Balaban J connectivity index is 0.000000135. The summed E-state index contributed by atoms with van der Waals surface area (Å²) in [4.78, 5) is 47.0. The van der Waals surface area contributed by atoms with E-state index in [0.29, 0.717) is 175 Å². The van der Waals surface area contributed by atoms with E-state index in [0.717, 1.165) is 107 Å². The average Bonchev–Trinajstić information content (AvgIpc) is 1.39. The SMILES string of the molecule is CNCc1cccc(-c2nc(C)c(-c3cccc(Cl)c3Cl)nc2CO)c1.Cc1nc(-c2ccc3c(c2)CC(C)(N)C3)c(CO)nc1-c1cccc(Cl)c1Cl.Cc1nc(-c2ccc3c(c2)CNCC3)c(CO)nc1-c1cccc(Cl)c1Cl.Cc1nc(-c2cccc(C(C)N)c2)c(CO)nc1-c1cccc(Cl)c1Cl.Cc1nc(-c2cccc(CNC3CC3)c2)c(CO)nc1-c1cccc(Cl)c1Cl. The zero-order valence-electron chi connectivity index (χ0n) is 75.2. The number of nitrogens with zero attached hydrogens (tertiary/aromatic N) is 10. The zero-order valence-corrected chi connectivity index (χ0v) is 82.8. The number of benzene rings is 10. The minimum absolute atomic E-state index is 0.0916. The largest absolute Gasteiger partial charge is 0.390 e. The quantitative estimate of drug-likeness (QED) is 0.0319. The molecule has 0 saturated heterocycles. The first-order valence-electron chi connectivity index (χ1n) is 43.7. The number of rotatable bonds is 21. The van der Waals surface area contributed by atoms with Crippen molar-refractivity contribution < 1.29 is 25.5 Å². The van der Waals surface area contributed by atoms with Crippen LogP contribution >= 0.6 is 116 Å². The number of hydrogen-bond donors (Lipinski definition) is 10. The van der Waals surface area contributed by atoms with E-state index in [1.165, 1.54) is 40.7 Å². The summed E-state index contributed by atoms with van der Waals surface area (Å²) in [5.41, 5.74) is 41.3. The van der Waals surface area contributed by atoms with Gasteiger partial charge in [-0.1, -0.05) is 256 Å². The molecule has 10 aromatic carbocycles. The number of fused-ring (bicyclic) bond motifs is 2. The first kappa shape index (κ1) is 101. The molecule has 1 saturated carbocycles. The Labute approximate surface area is 835 Å². The number of halogens is 10. The summed E-state index contributed by atoms with van der Waals surface area (Å²) in [7, 11) is 1.90. The number of hydrogen-bond acceptors (Lipinski definition) is 20. The smallest absolute Gasteiger partial charge is 0.0945 e. The predicted octanol–water partition coefficient (Wildman–Crippen LogP) is 24.0. The lowest BCUT2D eigenvalue weighted by atomic mass is 9.96. The van der Waals surface area contributed by atoms with Crippen molar-refractivity contribution in [2.75, 3.05) is 13.6 Å². The number of nitrogens with one attached hydrogen (secondary N) is 3. The van der Waals surface area contributed by atoms with Crippen molar-refractivity contribution in [3.63, 3.8) is 0 Å². The Bertz CT molecular complexity index is 6910. The van der Waals surface area contributed by atoms with Gasteiger partial charge in [0.15, 0.2) is 0 Å². The van der Waals surface area contributed by atoms with Gasteiger partial charge in [0.1, 0.15) is 0 Å². The lowest BCUT2D eigenvalue weighted by Gasteiger charge is -2.19. The molecule has 12 N–H and O–H groups in total. The topological polar surface area (TPSA) is 318 Å². The van der Waals surface area contributed by atoms with E-state index in [2.05, 4.69) is 90.3 Å². The van der Waals surface area contributed by atoms with Gasteiger partial charge in [0.25, 0.3) is 0 Å². The second-order valence-corrected chi connectivity index (χ2v) is 37.4. The maximum atomic E-state index is 9.96. The van der Waals surface area contributed by atoms with Crippen LogP contribution in [0.25, 0.3) is 113 Å². The van der Waals surface area contributed by atoms with Gasteiger partial charge in [-0.2, -0.15) is 0 Å². The molecule has 0 amide bonds. The van der Waals surface area contributed by atoms with Crippen LogP contribution in [0.1, 0.15) is 129 Å². The predicted molar refractivity (Wildman–Crippen MR) is 549 cm³/mol. The molecule has 18 rings (SSSR count). The second kappa shape index (κ2) is 45.6. The molecule has 2 unspecified atom stereocenters. The summed E-state index contributed by atoms with van der Waals surface area (Å²) in [6.07, 6.45) is 5.23. The van der Waals surface area contributed by atoms with Crippen LogP contribution in [0.5, 0.6) is 0 Å². The lowest BCUT2D eigenvalue weighted by Crippen LogP contribution is -2.36. The van der Waals surface area contributed by atoms with Crippen LogP contribution in [0.2, 0.25) is 50.2 Å². The molecule has 1 aliphatic heterocycles. The van der Waals surface area contributed by atoms with E-state index in [-0.39, 0.29) is 44.6 Å². The monoisotopic (exact) mass is 2000 g/mol. The Morgan fingerprint density at radius 3 is 1.00 bits per heavy atom. The van der Waals surface area contributed by atoms with E-state index in [4.69, 9.17) is 152 Å². The van der Waals surface area contributed by atoms with Gasteiger partial charge in [-0.3, -0.25) is 0 Å². The van der Waals surface area contributed by atoms with E-state index in [9.17, 15) is 25.5 Å². The molecule has 6 heterocycles. The molecule has 30 heteroatoms. The molecule has 0 bridgehead atoms. The fourth-order valence-corrected chi connectivity index (χ4v) is 18.2. The summed E-state index contributed by atoms with van der Waals surface area (Å²) in [6.45, 7) is 15.7. The summed E-state index contributed by atoms with van der Waals surface area (Å²) in [5.74, 6) is 0. The third-order valence-corrected chi connectivity index (χ3v) is 27.3. The fourth-order valence-electron chi connectivity index (χ4n) is 16.2. The molecule has 135 heavy (non-hydrogen) atoms. The summed E-state index contributed by atoms with van der Waals surface area (Å²) >= 11 is 62.5. The standard InChI is InChI=1S/2C22H21Cl2N3O.C21H19Cl2N3O.2C20H19Cl2N3O/c1-12-20(16-4-3-5-17(23)19(16)24)27-18(11-28)21(26-12)13-6-7-14-9-22(2,25)10-15(14)8-13;1-13-21(17-6-3-7-18(23)20(17)24)27-19(12-28)22(26-13)15-5-2-4-14(10-15)11-25-16-8-9-16;1-12-20(16-3-2-4-17(22)19(16)23)26-18(11-27)21(25-12)14-6-5-13-7-8-24-10-15(13)9-14;1-12-19(15-7-4-8-16(21)18(15)22)25-17(11-26)20(24-12)14-6-3-5-13(9-14)10-23-2;1-11(23)13-5-3-6-14(9-13)20-17(10-26)25-19(12(2)24-20)15-7-4-8-16(21)18(15)22/h3-8,28H,9-11,25H2,1-2H3;2-7,10,16,25,28H,8-9,11-12H2,1H3;2-6,9,24,27H,7-8,10-11H2,1H3;3-9,23,26H,10-11H2,1-2H3;3-9,11,26H,10,23H2,1-2H3. The molecule has 1 fully saturated rings. The number of aryl methyl sites for hydroxylation is 5. The van der Waals surface area contributed by atoms with Gasteiger partial charge < -0.3 is 53.0 Å². The Morgan fingerprint density at radius 1 is 0.363 bits per heavy atom. The van der Waals surface area contributed by atoms with Crippen LogP contribution in [0.3, 0.4) is 0 Å². The highest BCUT2D eigenvalue weighted by Crippen LogP contribution is 2.44. The Kier molecular flexibility index (Phi) is 34.1. The lowest BCUT2D eigenvalue weighted by molar-refractivity contribution is 0.277. The highest BCUT2D eigenvalue weighted by molar-refractivity contribution is 6.46. The van der Waals surface area contributed by atoms with Gasteiger partial charge in [0.05, 0.1) is 197 Å². The van der Waals surface area contributed by atoms with E-state index < -0.39 is 0 Å². The first-order valence-corrected chi connectivity index (χ1v) is 47.5. The third kappa shape index (κ3) is 23.9. The number of aromatic nitrogens is 10. The third-order valence-electron chi connectivity index (χ3n) is 23.2. The average molecular weight is 2010 g/mol. The van der Waals surface area contributed by atoms with Crippen molar-refractivity contribution in [2.24, 2.45) is 11.5 Å². The number of nitrogens with two attached hydrogens (primary N) is 2. The minimum Gasteiger partial charge on any atom is -0.390 e. The molecule has 3 aliphatic rings. The summed E-state index contributed by atoms with van der Waals surface area (Å²) in [5, 5.41) is 64.0. The summed E-state index contributed by atoms with van der Waals surface area (Å²) in [6, 6.07) is 64.2. The molecule has 5 aromatic heterocycles. The van der Waals surface area contributed by atoms with Crippen LogP contribution in [0.4, 0.5) is 0 Å². The van der Waals surface area contributed by atoms with Crippen LogP contribution in [0.15, 0.2) is 200 Å². The maximum Gasteiger partial charge on any atom is 0.0945 e. The molecular formula is C105H99Cl10N15O5. The molecule has 2 atom stereocenters. The van der Waals surface area contributed by atoms with Crippen molar-refractivity contribution in [1.82, 2.24) is 65.8 Å². The van der Waals surface area contributed by atoms with Gasteiger partial charge in [-0.05, 0) is 194 Å². The molecule has 0 radical (unpaired) electrons. The van der Waals surface area contributed by atoms with Gasteiger partial charge in [-0.15, -0.1) is 0 Å². The van der Waals surface area contributed by atoms with E-state index >= 15 is 0 Å². The van der Waals surface area contributed by atoms with Gasteiger partial charge in [0.2, 0.25) is 0 Å². The van der Waals surface area contributed by atoms with Crippen molar-refractivity contribution in [3.8, 4) is 113 Å². The van der Waals surface area contributed by atoms with Gasteiger partial charge in [-0.25, -0.2) is 49.8 Å². The molecule has 2 aliphatic carbocycles. The normalized spacial score (nSPS) is 13.8. The van der Waals surface area contributed by atoms with Crippen molar-refractivity contribution >= 4 is 116 Å². The summed E-state index contributed by atoms with van der Waals surface area (Å²) < 4.78 is 0. The molecular weight excluding hydrogens is 1910 g/mol. The molecule has 15 aromatic rings. The number of aliphatic hydroxyl groups is 5. The fraction of sp³-hybridized carbons (Fsp3) is 0.238. The molecule has 694 valence electrons. The minimum atomic E-state index is -0.240. The van der Waals surface area contributed by atoms with Crippen LogP contribution < -0.4 is 27.4 Å². The Hall–Kier alpha value is -9.90. The van der Waals surface area contributed by atoms with Crippen LogP contribution in [0, 0.1) is 34.6 Å². The highest BCUT2D eigenvalue weighted by atomic mass is 35.5. The zero-order chi connectivity index (χ0) is 96.2. The van der Waals surface area contributed by atoms with Gasteiger partial charge >= 0.3 is 0 Å². The van der Waals surface area contributed by atoms with Crippen LogP contribution in [-0.2, 0) is 71.9 Å². The first-order chi connectivity index (χ1) is 64.9. The highest BCUT2D eigenvalue weighted by Gasteiger charge is 2.31. The molecule has 0 spiro atoms. The van der Waals surface area contributed by atoms with Gasteiger partial charge in [0, 0.05) is 92.9 Å². The Morgan fingerprint density at radius 2 is 0.667 bits per heavy atom. The van der Waals surface area contributed by atoms with Crippen molar-refractivity contribution in [2.45, 2.75) is 151 Å². The second-order valence-electron chi connectivity index (χ2n) is 33.5. The van der Waals surface area contributed by atoms with E-state index in [1.807, 2.05) is 176 Å². The van der Waals surface area contributed by atoms with Crippen LogP contribution in [-0.4, -0.2) is 101 Å². The number of aliphatic hydroxyl groups excluding tert-OH is 5.